The molecule has 0 saturated heterocycles. The van der Waals surface area contributed by atoms with E-state index in [4.69, 9.17) is 21.7 Å². The second-order valence-electron chi connectivity index (χ2n) is 5.55. The molecule has 0 radical (unpaired) electrons. The van der Waals surface area contributed by atoms with E-state index in [0.29, 0.717) is 30.3 Å². The van der Waals surface area contributed by atoms with Gasteiger partial charge in [-0.15, -0.1) is 0 Å². The van der Waals surface area contributed by atoms with Crippen molar-refractivity contribution in [2.24, 2.45) is 0 Å². The molecule has 1 aromatic heterocycles. The second kappa shape index (κ2) is 8.47. The van der Waals surface area contributed by atoms with E-state index in [1.54, 1.807) is 47.0 Å². The summed E-state index contributed by atoms with van der Waals surface area (Å²) in [5.74, 6) is 0.483. The van der Waals surface area contributed by atoms with Gasteiger partial charge in [-0.1, -0.05) is 6.07 Å². The summed E-state index contributed by atoms with van der Waals surface area (Å²) in [5, 5.41) is 6.51. The van der Waals surface area contributed by atoms with Crippen molar-refractivity contribution in [1.29, 1.82) is 0 Å². The Morgan fingerprint density at radius 2 is 1.89 bits per heavy atom. The van der Waals surface area contributed by atoms with Gasteiger partial charge < -0.3 is 9.47 Å². The Morgan fingerprint density at radius 1 is 1.11 bits per heavy atom. The Labute approximate surface area is 162 Å². The summed E-state index contributed by atoms with van der Waals surface area (Å²) in [6.45, 7) is 3.32. The van der Waals surface area contributed by atoms with Crippen LogP contribution in [0.1, 0.15) is 6.92 Å². The van der Waals surface area contributed by atoms with E-state index < -0.39 is 9.84 Å². The van der Waals surface area contributed by atoms with Gasteiger partial charge in [-0.2, -0.15) is 5.10 Å². The van der Waals surface area contributed by atoms with Gasteiger partial charge in [0.1, 0.15) is 18.7 Å². The van der Waals surface area contributed by atoms with Crippen LogP contribution in [0, 0.1) is 4.77 Å². The molecule has 0 aliphatic rings. The molecule has 0 amide bonds. The summed E-state index contributed by atoms with van der Waals surface area (Å²) in [7, 11) is -3.66. The maximum Gasteiger partial charge on any atom is 0.206 e. The van der Waals surface area contributed by atoms with E-state index >= 15 is 0 Å². The summed E-state index contributed by atoms with van der Waals surface area (Å²) < 4.78 is 38.6. The molecule has 0 unspecified atom stereocenters. The molecular formula is C18H19N3O4S2. The first-order valence-corrected chi connectivity index (χ1v) is 10.2. The summed E-state index contributed by atoms with van der Waals surface area (Å²) >= 11 is 5.12. The number of hydrogen-bond acceptors (Lipinski definition) is 6. The lowest BCUT2D eigenvalue weighted by Crippen LogP contribution is -2.07. The largest absolute Gasteiger partial charge is 0.491 e. The number of sulfone groups is 1. The smallest absolute Gasteiger partial charge is 0.206 e. The number of benzene rings is 2. The fourth-order valence-electron chi connectivity index (χ4n) is 2.45. The molecule has 0 spiro atoms. The summed E-state index contributed by atoms with van der Waals surface area (Å²) in [4.78, 5) is 0.358. The van der Waals surface area contributed by atoms with Crippen LogP contribution >= 0.6 is 12.2 Å². The first kappa shape index (κ1) is 19.3. The lowest BCUT2D eigenvalue weighted by atomic mass is 10.3. The molecule has 0 bridgehead atoms. The van der Waals surface area contributed by atoms with Crippen molar-refractivity contribution < 1.29 is 17.9 Å². The SMILES string of the molecule is CCOCCOc1cccc(S(=O)(=O)c2ccc(-n3cn[nH]c3=S)cc2)c1. The van der Waals surface area contributed by atoms with Gasteiger partial charge in [-0.25, -0.2) is 8.42 Å². The standard InChI is InChI=1S/C18H19N3O4S2/c1-2-24-10-11-25-15-4-3-5-17(12-15)27(22,23)16-8-6-14(7-9-16)21-13-19-20-18(21)26/h3-9,12-13H,2,10-11H2,1H3,(H,20,26). The molecule has 3 rings (SSSR count). The van der Waals surface area contributed by atoms with Crippen molar-refractivity contribution in [3.05, 3.63) is 59.6 Å². The zero-order chi connectivity index (χ0) is 19.3. The molecule has 0 atom stereocenters. The monoisotopic (exact) mass is 405 g/mol. The Morgan fingerprint density at radius 3 is 2.56 bits per heavy atom. The Kier molecular flexibility index (Phi) is 6.04. The van der Waals surface area contributed by atoms with Crippen LogP contribution in [-0.4, -0.2) is 43.0 Å². The number of nitrogens with one attached hydrogen (secondary N) is 1. The normalized spacial score (nSPS) is 11.4. The minimum Gasteiger partial charge on any atom is -0.491 e. The van der Waals surface area contributed by atoms with Crippen molar-refractivity contribution in [2.45, 2.75) is 16.7 Å². The van der Waals surface area contributed by atoms with E-state index in [-0.39, 0.29) is 9.79 Å². The summed E-state index contributed by atoms with van der Waals surface area (Å²) in [6, 6.07) is 12.9. The highest BCUT2D eigenvalue weighted by atomic mass is 32.2. The molecule has 27 heavy (non-hydrogen) atoms. The third-order valence-electron chi connectivity index (χ3n) is 3.79. The predicted molar refractivity (Wildman–Crippen MR) is 103 cm³/mol. The van der Waals surface area contributed by atoms with E-state index in [1.165, 1.54) is 12.4 Å². The topological polar surface area (TPSA) is 86.2 Å². The van der Waals surface area contributed by atoms with Crippen molar-refractivity contribution in [3.63, 3.8) is 0 Å². The first-order chi connectivity index (χ1) is 13.0. The fourth-order valence-corrected chi connectivity index (χ4v) is 3.95. The van der Waals surface area contributed by atoms with Crippen LogP contribution in [0.4, 0.5) is 0 Å². The molecule has 3 aromatic rings. The van der Waals surface area contributed by atoms with Crippen molar-refractivity contribution >= 4 is 22.1 Å². The number of aromatic nitrogens is 3. The number of aromatic amines is 1. The van der Waals surface area contributed by atoms with Crippen molar-refractivity contribution in [1.82, 2.24) is 14.8 Å². The maximum absolute atomic E-state index is 12.9. The number of H-pyrrole nitrogens is 1. The second-order valence-corrected chi connectivity index (χ2v) is 7.89. The average Bonchev–Trinajstić information content (AvgIpc) is 3.11. The highest BCUT2D eigenvalue weighted by Crippen LogP contribution is 2.25. The molecule has 2 aromatic carbocycles. The van der Waals surface area contributed by atoms with Crippen LogP contribution in [0.5, 0.6) is 5.75 Å². The summed E-state index contributed by atoms with van der Waals surface area (Å²) in [5.41, 5.74) is 0.723. The van der Waals surface area contributed by atoms with Crippen LogP contribution in [0.2, 0.25) is 0 Å². The zero-order valence-corrected chi connectivity index (χ0v) is 16.3. The molecular weight excluding hydrogens is 386 g/mol. The molecule has 1 heterocycles. The molecule has 1 N–H and O–H groups in total. The van der Waals surface area contributed by atoms with Gasteiger partial charge in [0.15, 0.2) is 4.77 Å². The molecule has 0 aliphatic heterocycles. The maximum atomic E-state index is 12.9. The molecule has 0 saturated carbocycles. The Balaban J connectivity index is 1.82. The van der Waals surface area contributed by atoms with Gasteiger partial charge in [0.05, 0.1) is 16.4 Å². The highest BCUT2D eigenvalue weighted by molar-refractivity contribution is 7.91. The number of rotatable bonds is 8. The number of hydrogen-bond donors (Lipinski definition) is 1. The van der Waals surface area contributed by atoms with Gasteiger partial charge >= 0.3 is 0 Å². The third kappa shape index (κ3) is 4.44. The van der Waals surface area contributed by atoms with E-state index in [0.717, 1.165) is 5.69 Å². The van der Waals surface area contributed by atoms with Crippen LogP contribution in [0.3, 0.4) is 0 Å². The van der Waals surface area contributed by atoms with Crippen LogP contribution in [0.25, 0.3) is 5.69 Å². The Hall–Kier alpha value is -2.49. The van der Waals surface area contributed by atoms with Crippen LogP contribution in [-0.2, 0) is 14.6 Å². The minimum atomic E-state index is -3.66. The average molecular weight is 406 g/mol. The van der Waals surface area contributed by atoms with Gasteiger partial charge in [-0.3, -0.25) is 9.67 Å². The lowest BCUT2D eigenvalue weighted by Gasteiger charge is -2.10. The quantitative estimate of drug-likeness (QED) is 0.458. The zero-order valence-electron chi connectivity index (χ0n) is 14.7. The summed E-state index contributed by atoms with van der Waals surface area (Å²) in [6.07, 6.45) is 1.54. The van der Waals surface area contributed by atoms with E-state index in [2.05, 4.69) is 10.2 Å². The number of nitrogens with zero attached hydrogens (tertiary/aromatic N) is 2. The van der Waals surface area contributed by atoms with Crippen molar-refractivity contribution in [2.75, 3.05) is 19.8 Å². The molecule has 142 valence electrons. The van der Waals surface area contributed by atoms with E-state index in [1.807, 2.05) is 6.92 Å². The predicted octanol–water partition coefficient (Wildman–Crippen LogP) is 3.18. The first-order valence-electron chi connectivity index (χ1n) is 8.30. The third-order valence-corrected chi connectivity index (χ3v) is 5.85. The number of ether oxygens (including phenoxy) is 2. The highest BCUT2D eigenvalue weighted by Gasteiger charge is 2.18. The molecule has 0 aliphatic carbocycles. The van der Waals surface area contributed by atoms with Crippen molar-refractivity contribution in [3.8, 4) is 11.4 Å². The molecule has 7 nitrogen and oxygen atoms in total. The van der Waals surface area contributed by atoms with Crippen LogP contribution in [0.15, 0.2) is 64.6 Å². The lowest BCUT2D eigenvalue weighted by molar-refractivity contribution is 0.110. The van der Waals surface area contributed by atoms with Gasteiger partial charge in [0.25, 0.3) is 0 Å². The minimum absolute atomic E-state index is 0.170. The van der Waals surface area contributed by atoms with Gasteiger partial charge in [-0.05, 0) is 61.6 Å². The van der Waals surface area contributed by atoms with Gasteiger partial charge in [0, 0.05) is 12.3 Å². The fraction of sp³-hybridized carbons (Fsp3) is 0.222. The van der Waals surface area contributed by atoms with E-state index in [9.17, 15) is 8.42 Å². The molecule has 9 heteroatoms. The molecule has 0 fully saturated rings. The Bertz CT molecular complexity index is 1060. The van der Waals surface area contributed by atoms with Crippen LogP contribution < -0.4 is 4.74 Å². The van der Waals surface area contributed by atoms with Gasteiger partial charge in [0.2, 0.25) is 9.84 Å².